The zero-order valence-electron chi connectivity index (χ0n) is 10.7. The zero-order valence-corrected chi connectivity index (χ0v) is 14.5. The predicted molar refractivity (Wildman–Crippen MR) is 90.8 cm³/mol. The molecule has 0 radical (unpaired) electrons. The lowest BCUT2D eigenvalue weighted by Gasteiger charge is -2.15. The summed E-state index contributed by atoms with van der Waals surface area (Å²) in [4.78, 5) is 12.2. The molecule has 0 heterocycles. The standard InChI is InChI=1S/C15H13BrINO2/c1-9(10-3-2-4-11(16)7-10)18-15(20)13-8-12(17)5-6-14(13)19/h2-9,19H,1H3,(H,18,20). The van der Waals surface area contributed by atoms with E-state index in [0.29, 0.717) is 5.56 Å². The van der Waals surface area contributed by atoms with Crippen LogP contribution in [0.2, 0.25) is 0 Å². The van der Waals surface area contributed by atoms with Crippen molar-refractivity contribution in [1.29, 1.82) is 0 Å². The molecule has 0 saturated heterocycles. The molecule has 0 fully saturated rings. The molecule has 1 unspecified atom stereocenters. The average Bonchev–Trinajstić information content (AvgIpc) is 2.41. The topological polar surface area (TPSA) is 49.3 Å². The van der Waals surface area contributed by atoms with Crippen LogP contribution in [0.25, 0.3) is 0 Å². The number of hydrogen-bond donors (Lipinski definition) is 2. The summed E-state index contributed by atoms with van der Waals surface area (Å²) in [5.41, 5.74) is 1.29. The first kappa shape index (κ1) is 15.3. The van der Waals surface area contributed by atoms with Crippen LogP contribution in [0.1, 0.15) is 28.9 Å². The number of aromatic hydroxyl groups is 1. The predicted octanol–water partition coefficient (Wildman–Crippen LogP) is 4.25. The molecule has 104 valence electrons. The highest BCUT2D eigenvalue weighted by Crippen LogP contribution is 2.22. The second kappa shape index (κ2) is 6.58. The molecule has 0 bridgehead atoms. The van der Waals surface area contributed by atoms with E-state index in [-0.39, 0.29) is 17.7 Å². The third kappa shape index (κ3) is 3.73. The largest absolute Gasteiger partial charge is 0.507 e. The highest BCUT2D eigenvalue weighted by atomic mass is 127. The first-order chi connectivity index (χ1) is 9.47. The minimum Gasteiger partial charge on any atom is -0.507 e. The van der Waals surface area contributed by atoms with E-state index in [4.69, 9.17) is 0 Å². The van der Waals surface area contributed by atoms with E-state index >= 15 is 0 Å². The van der Waals surface area contributed by atoms with Crippen molar-refractivity contribution in [3.63, 3.8) is 0 Å². The van der Waals surface area contributed by atoms with Crippen LogP contribution in [-0.4, -0.2) is 11.0 Å². The summed E-state index contributed by atoms with van der Waals surface area (Å²) in [7, 11) is 0. The summed E-state index contributed by atoms with van der Waals surface area (Å²) in [5.74, 6) is -0.294. The normalized spacial score (nSPS) is 11.9. The lowest BCUT2D eigenvalue weighted by molar-refractivity contribution is 0.0937. The fourth-order valence-electron chi connectivity index (χ4n) is 1.82. The molecule has 1 amide bonds. The molecule has 2 aromatic carbocycles. The Bertz CT molecular complexity index is 646. The second-order valence-electron chi connectivity index (χ2n) is 4.41. The van der Waals surface area contributed by atoms with Gasteiger partial charge in [0.1, 0.15) is 5.75 Å². The summed E-state index contributed by atoms with van der Waals surface area (Å²) >= 11 is 5.52. The fourth-order valence-corrected chi connectivity index (χ4v) is 2.73. The van der Waals surface area contributed by atoms with Crippen molar-refractivity contribution in [2.45, 2.75) is 13.0 Å². The maximum Gasteiger partial charge on any atom is 0.255 e. The van der Waals surface area contributed by atoms with E-state index in [2.05, 4.69) is 43.8 Å². The van der Waals surface area contributed by atoms with E-state index < -0.39 is 0 Å². The lowest BCUT2D eigenvalue weighted by Crippen LogP contribution is -2.26. The van der Waals surface area contributed by atoms with Crippen molar-refractivity contribution < 1.29 is 9.90 Å². The molecule has 2 N–H and O–H groups in total. The van der Waals surface area contributed by atoms with E-state index in [1.165, 1.54) is 6.07 Å². The van der Waals surface area contributed by atoms with E-state index in [1.54, 1.807) is 12.1 Å². The SMILES string of the molecule is CC(NC(=O)c1cc(I)ccc1O)c1cccc(Br)c1. The third-order valence-electron chi connectivity index (χ3n) is 2.90. The van der Waals surface area contributed by atoms with Crippen LogP contribution in [0, 0.1) is 3.57 Å². The van der Waals surface area contributed by atoms with Crippen molar-refractivity contribution in [2.75, 3.05) is 0 Å². The van der Waals surface area contributed by atoms with Crippen LogP contribution in [0.15, 0.2) is 46.9 Å². The molecule has 3 nitrogen and oxygen atoms in total. The molecule has 20 heavy (non-hydrogen) atoms. The summed E-state index contributed by atoms with van der Waals surface area (Å²) in [6.07, 6.45) is 0. The van der Waals surface area contributed by atoms with Crippen LogP contribution >= 0.6 is 38.5 Å². The summed E-state index contributed by atoms with van der Waals surface area (Å²) in [5, 5.41) is 12.6. The Labute approximate surface area is 139 Å². The number of rotatable bonds is 3. The summed E-state index contributed by atoms with van der Waals surface area (Å²) in [6, 6.07) is 12.6. The van der Waals surface area contributed by atoms with Gasteiger partial charge in [0.2, 0.25) is 0 Å². The molecular weight excluding hydrogens is 433 g/mol. The van der Waals surface area contributed by atoms with Crippen molar-refractivity contribution in [2.24, 2.45) is 0 Å². The number of benzene rings is 2. The number of halogens is 2. The van der Waals surface area contributed by atoms with Crippen LogP contribution in [0.3, 0.4) is 0 Å². The van der Waals surface area contributed by atoms with Crippen molar-refractivity contribution in [3.05, 3.63) is 61.6 Å². The molecule has 0 aliphatic carbocycles. The van der Waals surface area contributed by atoms with E-state index in [9.17, 15) is 9.90 Å². The van der Waals surface area contributed by atoms with Crippen LogP contribution < -0.4 is 5.32 Å². The minimum atomic E-state index is -0.284. The maximum absolute atomic E-state index is 12.2. The molecule has 5 heteroatoms. The van der Waals surface area contributed by atoms with Gasteiger partial charge in [-0.15, -0.1) is 0 Å². The average molecular weight is 446 g/mol. The van der Waals surface area contributed by atoms with Gasteiger partial charge in [0.05, 0.1) is 11.6 Å². The van der Waals surface area contributed by atoms with Crippen molar-refractivity contribution in [3.8, 4) is 5.75 Å². The zero-order chi connectivity index (χ0) is 14.7. The van der Waals surface area contributed by atoms with Gasteiger partial charge in [-0.1, -0.05) is 28.1 Å². The Hall–Kier alpha value is -1.08. The Morgan fingerprint density at radius 2 is 2.05 bits per heavy atom. The monoisotopic (exact) mass is 445 g/mol. The number of amides is 1. The molecule has 0 saturated carbocycles. The van der Waals surface area contributed by atoms with Crippen LogP contribution in [0.4, 0.5) is 0 Å². The second-order valence-corrected chi connectivity index (χ2v) is 6.57. The number of phenols is 1. The van der Waals surface area contributed by atoms with Gasteiger partial charge in [0, 0.05) is 8.04 Å². The van der Waals surface area contributed by atoms with Gasteiger partial charge in [-0.25, -0.2) is 0 Å². The molecule has 0 aliphatic rings. The van der Waals surface area contributed by atoms with Gasteiger partial charge < -0.3 is 10.4 Å². The number of carbonyl (C=O) groups is 1. The Balaban J connectivity index is 2.17. The number of hydrogen-bond acceptors (Lipinski definition) is 2. The Morgan fingerprint density at radius 3 is 2.75 bits per heavy atom. The van der Waals surface area contributed by atoms with E-state index in [1.807, 2.05) is 31.2 Å². The van der Waals surface area contributed by atoms with Gasteiger partial charge >= 0.3 is 0 Å². The summed E-state index contributed by atoms with van der Waals surface area (Å²) < 4.78 is 1.87. The molecule has 2 rings (SSSR count). The number of nitrogens with one attached hydrogen (secondary N) is 1. The smallest absolute Gasteiger partial charge is 0.255 e. The molecule has 0 spiro atoms. The Morgan fingerprint density at radius 1 is 1.30 bits per heavy atom. The molecule has 1 atom stereocenters. The van der Waals surface area contributed by atoms with Crippen molar-refractivity contribution >= 4 is 44.4 Å². The molecule has 0 aromatic heterocycles. The quantitative estimate of drug-likeness (QED) is 0.694. The van der Waals surface area contributed by atoms with Gasteiger partial charge in [0.15, 0.2) is 0 Å². The maximum atomic E-state index is 12.2. The first-order valence-corrected chi connectivity index (χ1v) is 7.89. The van der Waals surface area contributed by atoms with Crippen LogP contribution in [0.5, 0.6) is 5.75 Å². The lowest BCUT2D eigenvalue weighted by atomic mass is 10.1. The summed E-state index contributed by atoms with van der Waals surface area (Å²) in [6.45, 7) is 1.91. The van der Waals surface area contributed by atoms with Gasteiger partial charge in [-0.05, 0) is 65.4 Å². The molecular formula is C15H13BrINO2. The van der Waals surface area contributed by atoms with Crippen molar-refractivity contribution in [1.82, 2.24) is 5.32 Å². The minimum absolute atomic E-state index is 0.00985. The number of phenolic OH excluding ortho intramolecular Hbond substituents is 1. The molecule has 2 aromatic rings. The van der Waals surface area contributed by atoms with Gasteiger partial charge in [0.25, 0.3) is 5.91 Å². The van der Waals surface area contributed by atoms with Crippen LogP contribution in [-0.2, 0) is 0 Å². The third-order valence-corrected chi connectivity index (χ3v) is 4.06. The first-order valence-electron chi connectivity index (χ1n) is 6.02. The van der Waals surface area contributed by atoms with Gasteiger partial charge in [-0.3, -0.25) is 4.79 Å². The Kier molecular flexibility index (Phi) is 5.04. The van der Waals surface area contributed by atoms with Gasteiger partial charge in [-0.2, -0.15) is 0 Å². The fraction of sp³-hybridized carbons (Fsp3) is 0.133. The highest BCUT2D eigenvalue weighted by molar-refractivity contribution is 14.1. The number of carbonyl (C=O) groups excluding carboxylic acids is 1. The molecule has 0 aliphatic heterocycles. The highest BCUT2D eigenvalue weighted by Gasteiger charge is 2.15. The van der Waals surface area contributed by atoms with E-state index in [0.717, 1.165) is 13.6 Å².